The van der Waals surface area contributed by atoms with E-state index in [1.54, 1.807) is 25.5 Å². The maximum absolute atomic E-state index is 14.2. The van der Waals surface area contributed by atoms with Crippen LogP contribution in [0.25, 0.3) is 5.65 Å². The van der Waals surface area contributed by atoms with Crippen molar-refractivity contribution in [1.82, 2.24) is 24.3 Å². The van der Waals surface area contributed by atoms with Crippen molar-refractivity contribution in [2.24, 2.45) is 5.92 Å². The number of anilines is 2. The molecule has 0 aromatic carbocycles. The Labute approximate surface area is 177 Å². The quantitative estimate of drug-likeness (QED) is 0.673. The van der Waals surface area contributed by atoms with E-state index in [-0.39, 0.29) is 11.3 Å². The molecule has 0 saturated carbocycles. The van der Waals surface area contributed by atoms with Gasteiger partial charge in [-0.15, -0.1) is 0 Å². The summed E-state index contributed by atoms with van der Waals surface area (Å²) in [5, 5.41) is 2.65. The van der Waals surface area contributed by atoms with Gasteiger partial charge in [-0.1, -0.05) is 0 Å². The highest BCUT2D eigenvalue weighted by atomic mass is 19.1. The highest BCUT2D eigenvalue weighted by Crippen LogP contribution is 2.25. The Balaban J connectivity index is 1.18. The van der Waals surface area contributed by atoms with Crippen LogP contribution >= 0.6 is 0 Å². The second-order valence-electron chi connectivity index (χ2n) is 8.32. The molecule has 0 spiro atoms. The topological polar surface area (TPSA) is 78.7 Å². The van der Waals surface area contributed by atoms with Crippen molar-refractivity contribution in [2.75, 3.05) is 42.9 Å². The molecule has 1 atom stereocenters. The number of alkyl halides is 1. The Kier molecular flexibility index (Phi) is 5.01. The van der Waals surface area contributed by atoms with Crippen LogP contribution in [0.15, 0.2) is 30.9 Å². The van der Waals surface area contributed by atoms with Crippen LogP contribution in [0.5, 0.6) is 0 Å². The van der Waals surface area contributed by atoms with Crippen molar-refractivity contribution in [3.8, 4) is 0 Å². The molecule has 8 nitrogen and oxygen atoms in total. The summed E-state index contributed by atoms with van der Waals surface area (Å²) in [7, 11) is 0. The van der Waals surface area contributed by atoms with Gasteiger partial charge in [0.2, 0.25) is 0 Å². The lowest BCUT2D eigenvalue weighted by Crippen LogP contribution is -2.51. The average Bonchev–Trinajstić information content (AvgIpc) is 3.29. The van der Waals surface area contributed by atoms with Crippen LogP contribution in [0.3, 0.4) is 0 Å². The fourth-order valence-corrected chi connectivity index (χ4v) is 4.23. The van der Waals surface area contributed by atoms with E-state index in [9.17, 15) is 13.6 Å². The number of hydrogen-bond donors (Lipinski definition) is 1. The summed E-state index contributed by atoms with van der Waals surface area (Å²) in [5.74, 6) is 0.215. The number of pyridine rings is 1. The molecule has 1 amide bonds. The van der Waals surface area contributed by atoms with Gasteiger partial charge in [-0.3, -0.25) is 9.69 Å². The van der Waals surface area contributed by atoms with Gasteiger partial charge in [-0.25, -0.2) is 23.7 Å². The first-order valence-electron chi connectivity index (χ1n) is 10.3. The van der Waals surface area contributed by atoms with E-state index >= 15 is 0 Å². The number of aromatic nitrogens is 4. The third kappa shape index (κ3) is 4.07. The minimum Gasteiger partial charge on any atom is -0.355 e. The molecule has 2 saturated heterocycles. The summed E-state index contributed by atoms with van der Waals surface area (Å²) in [6.45, 7) is 5.74. The molecule has 10 heteroatoms. The van der Waals surface area contributed by atoms with Crippen LogP contribution in [0.2, 0.25) is 0 Å². The van der Waals surface area contributed by atoms with E-state index in [1.165, 1.54) is 16.7 Å². The molecule has 2 aliphatic rings. The molecule has 5 rings (SSSR count). The molecule has 2 fully saturated rings. The predicted molar refractivity (Wildman–Crippen MR) is 112 cm³/mol. The van der Waals surface area contributed by atoms with Crippen LogP contribution in [-0.4, -0.2) is 69.1 Å². The molecule has 3 aromatic heterocycles. The second-order valence-corrected chi connectivity index (χ2v) is 8.32. The van der Waals surface area contributed by atoms with Gasteiger partial charge in [0.1, 0.15) is 17.7 Å². The van der Waals surface area contributed by atoms with Crippen LogP contribution in [0.1, 0.15) is 22.6 Å². The molecule has 1 N–H and O–H groups in total. The van der Waals surface area contributed by atoms with Gasteiger partial charge in [0.05, 0.1) is 23.8 Å². The molecule has 0 bridgehead atoms. The Bertz CT molecular complexity index is 1110. The maximum atomic E-state index is 14.2. The second kappa shape index (κ2) is 7.84. The number of rotatable bonds is 5. The SMILES string of the molecule is Cc1cn2cc(NC(=O)c3cnc(N4CC(CN5CC[C@@H](F)C5)C4)cn3)cc(F)c2n1. The first kappa shape index (κ1) is 19.8. The van der Waals surface area contributed by atoms with Gasteiger partial charge in [0, 0.05) is 57.1 Å². The van der Waals surface area contributed by atoms with E-state index in [2.05, 4.69) is 30.1 Å². The molecule has 3 aromatic rings. The van der Waals surface area contributed by atoms with E-state index in [0.29, 0.717) is 36.1 Å². The van der Waals surface area contributed by atoms with Crippen LogP contribution < -0.4 is 10.2 Å². The zero-order chi connectivity index (χ0) is 21.5. The van der Waals surface area contributed by atoms with Gasteiger partial charge >= 0.3 is 0 Å². The maximum Gasteiger partial charge on any atom is 0.275 e. The largest absolute Gasteiger partial charge is 0.355 e. The predicted octanol–water partition coefficient (Wildman–Crippen LogP) is 2.30. The number of carbonyl (C=O) groups excluding carboxylic acids is 1. The van der Waals surface area contributed by atoms with Gasteiger partial charge in [0.15, 0.2) is 11.5 Å². The Hall–Kier alpha value is -3.14. The number of imidazole rings is 1. The van der Waals surface area contributed by atoms with Crippen LogP contribution in [0.4, 0.5) is 20.3 Å². The van der Waals surface area contributed by atoms with E-state index < -0.39 is 17.9 Å². The van der Waals surface area contributed by atoms with E-state index in [1.807, 2.05) is 0 Å². The fraction of sp³-hybridized carbons (Fsp3) is 0.429. The standard InChI is InChI=1S/C21H23F2N7O/c1-13-7-30-12-16(4-17(23)20(30)26-13)27-21(31)18-5-25-19(6-24-18)29-9-14(10-29)8-28-3-2-15(22)11-28/h4-7,12,14-15H,2-3,8-11H2,1H3,(H,27,31)/t15-/m1/s1. The number of amides is 1. The highest BCUT2D eigenvalue weighted by molar-refractivity contribution is 6.02. The minimum atomic E-state index is -0.691. The van der Waals surface area contributed by atoms with Gasteiger partial charge in [0.25, 0.3) is 5.91 Å². The van der Waals surface area contributed by atoms with Crippen LogP contribution in [-0.2, 0) is 0 Å². The van der Waals surface area contributed by atoms with Gasteiger partial charge in [-0.2, -0.15) is 0 Å². The Morgan fingerprint density at radius 1 is 1.23 bits per heavy atom. The molecule has 162 valence electrons. The van der Waals surface area contributed by atoms with Gasteiger partial charge < -0.3 is 14.6 Å². The summed E-state index contributed by atoms with van der Waals surface area (Å²) < 4.78 is 29.0. The number of fused-ring (bicyclic) bond motifs is 1. The van der Waals surface area contributed by atoms with Gasteiger partial charge in [-0.05, 0) is 13.3 Å². The zero-order valence-electron chi connectivity index (χ0n) is 17.1. The first-order valence-corrected chi connectivity index (χ1v) is 10.3. The number of carbonyl (C=O) groups is 1. The Morgan fingerprint density at radius 2 is 2.06 bits per heavy atom. The fourth-order valence-electron chi connectivity index (χ4n) is 4.23. The Morgan fingerprint density at radius 3 is 2.77 bits per heavy atom. The smallest absolute Gasteiger partial charge is 0.275 e. The van der Waals surface area contributed by atoms with Crippen molar-refractivity contribution in [1.29, 1.82) is 0 Å². The molecule has 31 heavy (non-hydrogen) atoms. The summed E-state index contributed by atoms with van der Waals surface area (Å²) in [5.41, 5.74) is 1.35. The number of likely N-dealkylation sites (tertiary alicyclic amines) is 1. The summed E-state index contributed by atoms with van der Waals surface area (Å²) in [4.78, 5) is 29.4. The number of nitrogens with one attached hydrogen (secondary N) is 1. The van der Waals surface area contributed by atoms with E-state index in [4.69, 9.17) is 0 Å². The lowest BCUT2D eigenvalue weighted by Gasteiger charge is -2.41. The third-order valence-corrected chi connectivity index (χ3v) is 5.77. The minimum absolute atomic E-state index is 0.147. The lowest BCUT2D eigenvalue weighted by molar-refractivity contribution is 0.102. The molecular formula is C21H23F2N7O. The lowest BCUT2D eigenvalue weighted by atomic mass is 10.00. The molecule has 0 aliphatic carbocycles. The van der Waals surface area contributed by atoms with E-state index in [0.717, 1.165) is 26.2 Å². The van der Waals surface area contributed by atoms with Crippen LogP contribution in [0, 0.1) is 18.7 Å². The van der Waals surface area contributed by atoms with Crippen molar-refractivity contribution in [3.05, 3.63) is 48.1 Å². The first-order chi connectivity index (χ1) is 14.9. The number of aryl methyl sites for hydroxylation is 1. The number of hydrogen-bond acceptors (Lipinski definition) is 6. The number of halogens is 2. The highest BCUT2D eigenvalue weighted by Gasteiger charge is 2.32. The summed E-state index contributed by atoms with van der Waals surface area (Å²) in [6, 6.07) is 1.23. The number of nitrogens with zero attached hydrogens (tertiary/aromatic N) is 6. The monoisotopic (exact) mass is 427 g/mol. The third-order valence-electron chi connectivity index (χ3n) is 5.77. The van der Waals surface area contributed by atoms with Crippen molar-refractivity contribution in [2.45, 2.75) is 19.5 Å². The summed E-state index contributed by atoms with van der Waals surface area (Å²) in [6.07, 6.45) is 6.22. The molecule has 0 unspecified atom stereocenters. The molecular weight excluding hydrogens is 404 g/mol. The summed E-state index contributed by atoms with van der Waals surface area (Å²) >= 11 is 0. The zero-order valence-corrected chi connectivity index (χ0v) is 17.1. The molecule has 5 heterocycles. The van der Waals surface area contributed by atoms with Crippen molar-refractivity contribution < 1.29 is 13.6 Å². The average molecular weight is 427 g/mol. The van der Waals surface area contributed by atoms with Crippen molar-refractivity contribution >= 4 is 23.1 Å². The molecule has 0 radical (unpaired) electrons. The molecule has 2 aliphatic heterocycles. The van der Waals surface area contributed by atoms with Crippen molar-refractivity contribution in [3.63, 3.8) is 0 Å². The normalized spacial score (nSPS) is 19.7.